The van der Waals surface area contributed by atoms with Crippen LogP contribution in [0.15, 0.2) is 18.2 Å². The summed E-state index contributed by atoms with van der Waals surface area (Å²) >= 11 is 1.92. The van der Waals surface area contributed by atoms with E-state index in [2.05, 4.69) is 5.32 Å². The molecule has 8 heteroatoms. The topological polar surface area (TPSA) is 110 Å². The largest absolute Gasteiger partial charge is 0.481 e. The van der Waals surface area contributed by atoms with Crippen LogP contribution in [0.2, 0.25) is 0 Å². The summed E-state index contributed by atoms with van der Waals surface area (Å²) in [6, 6.07) is 3.71. The van der Waals surface area contributed by atoms with Crippen LogP contribution in [0.3, 0.4) is 0 Å². The molecule has 1 amide bonds. The highest BCUT2D eigenvalue weighted by Gasteiger charge is 2.17. The van der Waals surface area contributed by atoms with Crippen LogP contribution in [0, 0.1) is 13.7 Å². The molecule has 1 aromatic rings. The Morgan fingerprint density at radius 1 is 1.50 bits per heavy atom. The van der Waals surface area contributed by atoms with E-state index in [0.717, 1.165) is 0 Å². The molecule has 0 aliphatic heterocycles. The van der Waals surface area contributed by atoms with Gasteiger partial charge in [0, 0.05) is 28.2 Å². The number of nitro benzene ring substituents is 1. The van der Waals surface area contributed by atoms with Crippen molar-refractivity contribution in [2.45, 2.75) is 25.8 Å². The molecule has 108 valence electrons. The van der Waals surface area contributed by atoms with Gasteiger partial charge in [0.15, 0.2) is 0 Å². The smallest absolute Gasteiger partial charge is 0.303 e. The van der Waals surface area contributed by atoms with E-state index >= 15 is 0 Å². The van der Waals surface area contributed by atoms with Gasteiger partial charge in [-0.2, -0.15) is 0 Å². The highest BCUT2D eigenvalue weighted by Crippen LogP contribution is 2.19. The molecule has 20 heavy (non-hydrogen) atoms. The Morgan fingerprint density at radius 2 is 2.15 bits per heavy atom. The highest BCUT2D eigenvalue weighted by molar-refractivity contribution is 14.1. The normalized spacial score (nSPS) is 11.7. The first kappa shape index (κ1) is 16.3. The van der Waals surface area contributed by atoms with Crippen LogP contribution in [-0.4, -0.2) is 27.9 Å². The molecule has 0 saturated heterocycles. The highest BCUT2D eigenvalue weighted by atomic mass is 127. The van der Waals surface area contributed by atoms with Crippen molar-refractivity contribution in [3.8, 4) is 0 Å². The Kier molecular flexibility index (Phi) is 5.86. The van der Waals surface area contributed by atoms with E-state index in [9.17, 15) is 19.7 Å². The Hall–Kier alpha value is -1.71. The number of hydrogen-bond acceptors (Lipinski definition) is 4. The third kappa shape index (κ3) is 4.76. The van der Waals surface area contributed by atoms with E-state index < -0.39 is 16.8 Å². The van der Waals surface area contributed by atoms with Crippen LogP contribution < -0.4 is 5.32 Å². The molecule has 0 aliphatic rings. The number of halogens is 1. The van der Waals surface area contributed by atoms with Crippen LogP contribution in [0.5, 0.6) is 0 Å². The lowest BCUT2D eigenvalue weighted by atomic mass is 10.1. The van der Waals surface area contributed by atoms with Crippen molar-refractivity contribution in [1.82, 2.24) is 5.32 Å². The molecule has 1 aromatic carbocycles. The number of carbonyl (C=O) groups excluding carboxylic acids is 1. The summed E-state index contributed by atoms with van der Waals surface area (Å²) in [5.41, 5.74) is 0.0516. The van der Waals surface area contributed by atoms with Crippen LogP contribution in [0.25, 0.3) is 0 Å². The van der Waals surface area contributed by atoms with E-state index in [4.69, 9.17) is 5.11 Å². The third-order valence-electron chi connectivity index (χ3n) is 2.57. The minimum absolute atomic E-state index is 0.0481. The van der Waals surface area contributed by atoms with Crippen LogP contribution in [-0.2, 0) is 4.79 Å². The average molecular weight is 392 g/mol. The predicted octanol–water partition coefficient (Wildman–Crippen LogP) is 2.18. The van der Waals surface area contributed by atoms with E-state index in [-0.39, 0.29) is 23.7 Å². The molecule has 2 N–H and O–H groups in total. The quantitative estimate of drug-likeness (QED) is 0.438. The van der Waals surface area contributed by atoms with Gasteiger partial charge in [-0.3, -0.25) is 19.7 Å². The first-order valence-corrected chi connectivity index (χ1v) is 6.85. The minimum atomic E-state index is -0.934. The van der Waals surface area contributed by atoms with Gasteiger partial charge in [-0.1, -0.05) is 0 Å². The number of nitro groups is 1. The molecule has 0 bridgehead atoms. The maximum atomic E-state index is 12.0. The van der Waals surface area contributed by atoms with Gasteiger partial charge in [0.2, 0.25) is 0 Å². The SMILES string of the molecule is CC(CCC(=O)O)NC(=O)c1cc([N+](=O)[O-])ccc1I. The monoisotopic (exact) mass is 392 g/mol. The number of non-ortho nitro benzene ring substituents is 1. The van der Waals surface area contributed by atoms with Crippen LogP contribution >= 0.6 is 22.6 Å². The summed E-state index contributed by atoms with van der Waals surface area (Å²) in [5.74, 6) is -1.38. The number of nitrogens with zero attached hydrogens (tertiary/aromatic N) is 1. The number of nitrogens with one attached hydrogen (secondary N) is 1. The zero-order chi connectivity index (χ0) is 15.3. The molecule has 0 heterocycles. The number of carbonyl (C=O) groups is 2. The van der Waals surface area contributed by atoms with Crippen molar-refractivity contribution < 1.29 is 19.6 Å². The second-order valence-electron chi connectivity index (χ2n) is 4.23. The average Bonchev–Trinajstić information content (AvgIpc) is 2.36. The second-order valence-corrected chi connectivity index (χ2v) is 5.39. The summed E-state index contributed by atoms with van der Waals surface area (Å²) in [6.45, 7) is 1.69. The first-order chi connectivity index (χ1) is 9.31. The fraction of sp³-hybridized carbons (Fsp3) is 0.333. The number of benzene rings is 1. The number of rotatable bonds is 6. The van der Waals surface area contributed by atoms with Gasteiger partial charge in [-0.05, 0) is 42.0 Å². The van der Waals surface area contributed by atoms with Gasteiger partial charge in [0.05, 0.1) is 10.5 Å². The maximum absolute atomic E-state index is 12.0. The van der Waals surface area contributed by atoms with Gasteiger partial charge in [-0.25, -0.2) is 0 Å². The van der Waals surface area contributed by atoms with Crippen molar-refractivity contribution in [1.29, 1.82) is 0 Å². The Bertz CT molecular complexity index is 547. The van der Waals surface area contributed by atoms with Gasteiger partial charge >= 0.3 is 5.97 Å². The van der Waals surface area contributed by atoms with E-state index in [1.54, 1.807) is 6.92 Å². The summed E-state index contributed by atoms with van der Waals surface area (Å²) in [7, 11) is 0. The molecule has 0 fully saturated rings. The summed E-state index contributed by atoms with van der Waals surface area (Å²) < 4.78 is 0.594. The van der Waals surface area contributed by atoms with Gasteiger partial charge in [-0.15, -0.1) is 0 Å². The van der Waals surface area contributed by atoms with Crippen molar-refractivity contribution in [3.05, 3.63) is 37.4 Å². The summed E-state index contributed by atoms with van der Waals surface area (Å²) in [5, 5.41) is 21.9. The molecule has 7 nitrogen and oxygen atoms in total. The Labute approximate surface area is 128 Å². The molecule has 0 aromatic heterocycles. The van der Waals surface area contributed by atoms with Crippen molar-refractivity contribution in [2.24, 2.45) is 0 Å². The molecule has 0 aliphatic carbocycles. The lowest BCUT2D eigenvalue weighted by Gasteiger charge is -2.13. The zero-order valence-electron chi connectivity index (χ0n) is 10.6. The molecule has 0 radical (unpaired) electrons. The lowest BCUT2D eigenvalue weighted by Crippen LogP contribution is -2.33. The summed E-state index contributed by atoms with van der Waals surface area (Å²) in [4.78, 5) is 32.6. The number of amides is 1. The van der Waals surface area contributed by atoms with E-state index in [0.29, 0.717) is 9.99 Å². The molecule has 1 atom stereocenters. The van der Waals surface area contributed by atoms with Crippen molar-refractivity contribution >= 4 is 40.2 Å². The molecule has 0 spiro atoms. The number of aliphatic carboxylic acids is 1. The predicted molar refractivity (Wildman–Crippen MR) is 79.6 cm³/mol. The van der Waals surface area contributed by atoms with Gasteiger partial charge in [0.25, 0.3) is 11.6 Å². The standard InChI is InChI=1S/C12H13IN2O5/c1-7(2-5-11(16)17)14-12(18)9-6-8(15(19)20)3-4-10(9)13/h3-4,6-7H,2,5H2,1H3,(H,14,18)(H,16,17). The van der Waals surface area contributed by atoms with Crippen molar-refractivity contribution in [3.63, 3.8) is 0 Å². The fourth-order valence-electron chi connectivity index (χ4n) is 1.51. The van der Waals surface area contributed by atoms with Gasteiger partial charge in [0.1, 0.15) is 0 Å². The summed E-state index contributed by atoms with van der Waals surface area (Å²) in [6.07, 6.45) is 0.250. The van der Waals surface area contributed by atoms with Gasteiger partial charge < -0.3 is 10.4 Å². The molecule has 1 unspecified atom stereocenters. The third-order valence-corrected chi connectivity index (χ3v) is 3.51. The number of carboxylic acid groups (broad SMARTS) is 1. The zero-order valence-corrected chi connectivity index (χ0v) is 12.8. The first-order valence-electron chi connectivity index (χ1n) is 5.78. The molecule has 1 rings (SSSR count). The Balaban J connectivity index is 2.79. The molecular formula is C12H13IN2O5. The van der Waals surface area contributed by atoms with Crippen LogP contribution in [0.1, 0.15) is 30.1 Å². The number of hydrogen-bond donors (Lipinski definition) is 2. The van der Waals surface area contributed by atoms with E-state index in [1.165, 1.54) is 18.2 Å². The molecular weight excluding hydrogens is 379 g/mol. The fourth-order valence-corrected chi connectivity index (χ4v) is 2.09. The Morgan fingerprint density at radius 3 is 2.70 bits per heavy atom. The second kappa shape index (κ2) is 7.17. The minimum Gasteiger partial charge on any atom is -0.481 e. The molecule has 0 saturated carbocycles. The van der Waals surface area contributed by atoms with Crippen LogP contribution in [0.4, 0.5) is 5.69 Å². The lowest BCUT2D eigenvalue weighted by molar-refractivity contribution is -0.384. The maximum Gasteiger partial charge on any atom is 0.303 e. The van der Waals surface area contributed by atoms with E-state index in [1.807, 2.05) is 22.6 Å². The van der Waals surface area contributed by atoms with Crippen molar-refractivity contribution in [2.75, 3.05) is 0 Å². The number of carboxylic acids is 1.